The van der Waals surface area contributed by atoms with E-state index in [0.717, 1.165) is 6.42 Å². The summed E-state index contributed by atoms with van der Waals surface area (Å²) in [5.41, 5.74) is 15.9. The third-order valence-electron chi connectivity index (χ3n) is 9.25. The number of benzene rings is 4. The van der Waals surface area contributed by atoms with Gasteiger partial charge in [-0.2, -0.15) is 0 Å². The second-order valence-corrected chi connectivity index (χ2v) is 29.8. The van der Waals surface area contributed by atoms with E-state index in [2.05, 4.69) is 134 Å². The molecule has 0 radical (unpaired) electrons. The average molecular weight is 634 g/mol. The zero-order valence-corrected chi connectivity index (χ0v) is 30.2. The van der Waals surface area contributed by atoms with Crippen LogP contribution in [0.15, 0.2) is 72.3 Å². The molecule has 4 aromatic carbocycles. The van der Waals surface area contributed by atoms with Gasteiger partial charge < -0.3 is 0 Å². The van der Waals surface area contributed by atoms with Crippen LogP contribution in [0.1, 0.15) is 110 Å². The van der Waals surface area contributed by atoms with E-state index in [1.54, 1.807) is 27.8 Å². The first-order valence-corrected chi connectivity index (χ1v) is 24.3. The van der Waals surface area contributed by atoms with E-state index in [-0.39, 0.29) is 10.8 Å². The zero-order chi connectivity index (χ0) is 29.3. The topological polar surface area (TPSA) is 0 Å². The number of hydrogen-bond donors (Lipinski definition) is 0. The summed E-state index contributed by atoms with van der Waals surface area (Å²) in [7, 11) is 0. The molecule has 0 aromatic heterocycles. The molecule has 0 amide bonds. The van der Waals surface area contributed by atoms with Crippen molar-refractivity contribution in [2.45, 2.75) is 94.8 Å². The molecule has 4 aromatic rings. The molecule has 2 atom stereocenters. The minimum absolute atomic E-state index is 0.0932. The Morgan fingerprint density at radius 3 is 2.10 bits per heavy atom. The summed E-state index contributed by atoms with van der Waals surface area (Å²) in [5.74, 6) is -0.303. The molecule has 0 saturated heterocycles. The Kier molecular flexibility index (Phi) is 7.52. The summed E-state index contributed by atoms with van der Waals surface area (Å²) in [6, 6.07) is 26.6. The molecule has 0 heterocycles. The quantitative estimate of drug-likeness (QED) is 0.192. The maximum absolute atomic E-state index is 2.65. The van der Waals surface area contributed by atoms with Crippen molar-refractivity contribution in [2.24, 2.45) is 0 Å². The second kappa shape index (κ2) is 10.6. The molecule has 0 saturated carbocycles. The Balaban J connectivity index is 1.67. The van der Waals surface area contributed by atoms with Crippen molar-refractivity contribution in [3.8, 4) is 11.1 Å². The molecule has 0 bridgehead atoms. The van der Waals surface area contributed by atoms with Crippen LogP contribution in [0.4, 0.5) is 0 Å². The molecule has 210 valence electrons. The molecular weight excluding hydrogens is 588 g/mol. The summed E-state index contributed by atoms with van der Waals surface area (Å²) in [6.07, 6.45) is 4.92. The SMILES string of the molecule is CCCC1=Cc2c(ccc3ccccc23)C1c1cc(C(C)(C)C)cc2c1[CH]([Zr][SiH](C)C)c1ccc(C(C)(C)C)cc1-2. The standard InChI is InChI=1S/C37H39.C2H7Si.Zr/c1-8-11-25-19-31-28-13-10-9-12-23(28)15-17-29(31)35(25)34-22-27(37(5,6)7)21-33-30-20-26(36(2,3)4)16-14-24(30)18-32(33)34;1-3-2;/h9-10,12-22,35H,8,11H2,1-7H3;3H,1-2H3;. The van der Waals surface area contributed by atoms with Gasteiger partial charge in [0.1, 0.15) is 0 Å². The predicted octanol–water partition coefficient (Wildman–Crippen LogP) is 10.9. The summed E-state index contributed by atoms with van der Waals surface area (Å²) < 4.78 is 0.667. The maximum atomic E-state index is 2.65. The van der Waals surface area contributed by atoms with E-state index >= 15 is 0 Å². The van der Waals surface area contributed by atoms with Gasteiger partial charge in [0.15, 0.2) is 0 Å². The van der Waals surface area contributed by atoms with Crippen molar-refractivity contribution in [2.75, 3.05) is 0 Å². The van der Waals surface area contributed by atoms with Crippen LogP contribution in [0.5, 0.6) is 0 Å². The van der Waals surface area contributed by atoms with Gasteiger partial charge in [0.05, 0.1) is 0 Å². The molecule has 0 aliphatic heterocycles. The van der Waals surface area contributed by atoms with Crippen molar-refractivity contribution < 1.29 is 22.4 Å². The Morgan fingerprint density at radius 1 is 0.732 bits per heavy atom. The molecule has 0 fully saturated rings. The number of allylic oxidation sites excluding steroid dienone is 1. The molecule has 2 aliphatic carbocycles. The van der Waals surface area contributed by atoms with Crippen LogP contribution in [0, 0.1) is 0 Å². The third-order valence-corrected chi connectivity index (χ3v) is 19.1. The van der Waals surface area contributed by atoms with Gasteiger partial charge in [0, 0.05) is 0 Å². The molecule has 2 heteroatoms. The first kappa shape index (κ1) is 29.1. The summed E-state index contributed by atoms with van der Waals surface area (Å²) in [5, 5.41) is 2.76. The van der Waals surface area contributed by atoms with Crippen LogP contribution in [0.2, 0.25) is 13.1 Å². The van der Waals surface area contributed by atoms with Crippen LogP contribution in [-0.4, -0.2) is 5.92 Å². The average Bonchev–Trinajstić information content (AvgIpc) is 3.42. The number of hydrogen-bond acceptors (Lipinski definition) is 0. The summed E-state index contributed by atoms with van der Waals surface area (Å²) >= 11 is -0.607. The van der Waals surface area contributed by atoms with Gasteiger partial charge >= 0.3 is 262 Å². The van der Waals surface area contributed by atoms with Crippen LogP contribution in [0.25, 0.3) is 28.0 Å². The van der Waals surface area contributed by atoms with Crippen molar-refractivity contribution in [3.63, 3.8) is 0 Å². The van der Waals surface area contributed by atoms with E-state index in [1.165, 1.54) is 45.0 Å². The van der Waals surface area contributed by atoms with Crippen molar-refractivity contribution in [3.05, 3.63) is 111 Å². The fraction of sp³-hybridized carbons (Fsp3) is 0.385. The van der Waals surface area contributed by atoms with E-state index in [1.807, 2.05) is 0 Å². The predicted molar refractivity (Wildman–Crippen MR) is 179 cm³/mol. The number of fused-ring (bicyclic) bond motifs is 6. The molecule has 41 heavy (non-hydrogen) atoms. The summed E-state index contributed by atoms with van der Waals surface area (Å²) in [6.45, 7) is 21.8. The fourth-order valence-electron chi connectivity index (χ4n) is 7.13. The normalized spacial score (nSPS) is 18.0. The Bertz CT molecular complexity index is 1670. The third kappa shape index (κ3) is 5.12. The van der Waals surface area contributed by atoms with Gasteiger partial charge in [-0.3, -0.25) is 0 Å². The molecule has 2 aliphatic rings. The Labute approximate surface area is 260 Å². The van der Waals surface area contributed by atoms with E-state index in [9.17, 15) is 0 Å². The van der Waals surface area contributed by atoms with Gasteiger partial charge in [-0.15, -0.1) is 0 Å². The van der Waals surface area contributed by atoms with Crippen LogP contribution in [-0.2, 0) is 33.2 Å². The fourth-order valence-corrected chi connectivity index (χ4v) is 17.0. The zero-order valence-electron chi connectivity index (χ0n) is 26.6. The van der Waals surface area contributed by atoms with E-state index in [4.69, 9.17) is 0 Å². The molecule has 2 unspecified atom stereocenters. The van der Waals surface area contributed by atoms with Crippen LogP contribution >= 0.6 is 0 Å². The van der Waals surface area contributed by atoms with Gasteiger partial charge in [-0.25, -0.2) is 0 Å². The molecule has 6 rings (SSSR count). The number of rotatable bonds is 5. The van der Waals surface area contributed by atoms with Crippen molar-refractivity contribution in [1.82, 2.24) is 0 Å². The van der Waals surface area contributed by atoms with Gasteiger partial charge in [-0.1, -0.05) is 0 Å². The van der Waals surface area contributed by atoms with Crippen LogP contribution < -0.4 is 0 Å². The van der Waals surface area contributed by atoms with E-state index < -0.39 is 28.3 Å². The molecule has 0 nitrogen and oxygen atoms in total. The first-order chi connectivity index (χ1) is 19.4. The first-order valence-electron chi connectivity index (χ1n) is 15.7. The minimum atomic E-state index is -0.662. The Morgan fingerprint density at radius 2 is 1.41 bits per heavy atom. The van der Waals surface area contributed by atoms with Crippen molar-refractivity contribution >= 4 is 22.8 Å². The molecule has 0 N–H and O–H groups in total. The Hall–Kier alpha value is -2.02. The molecule has 0 spiro atoms. The van der Waals surface area contributed by atoms with Crippen LogP contribution in [0.3, 0.4) is 0 Å². The summed E-state index contributed by atoms with van der Waals surface area (Å²) in [4.78, 5) is 0. The molecular formula is C39H46SiZr. The van der Waals surface area contributed by atoms with E-state index in [0.29, 0.717) is 9.54 Å². The van der Waals surface area contributed by atoms with Gasteiger partial charge in [-0.05, 0) is 0 Å². The van der Waals surface area contributed by atoms with Gasteiger partial charge in [0.2, 0.25) is 0 Å². The monoisotopic (exact) mass is 632 g/mol. The second-order valence-electron chi connectivity index (χ2n) is 14.8. The van der Waals surface area contributed by atoms with Gasteiger partial charge in [0.25, 0.3) is 0 Å². The van der Waals surface area contributed by atoms with Crippen molar-refractivity contribution in [1.29, 1.82) is 0 Å².